The average Bonchev–Trinajstić information content (AvgIpc) is 2.67. The summed E-state index contributed by atoms with van der Waals surface area (Å²) in [5.41, 5.74) is 7.71. The van der Waals surface area contributed by atoms with Gasteiger partial charge in [0.05, 0.1) is 0 Å². The number of rotatable bonds is 0. The highest BCUT2D eigenvalue weighted by Gasteiger charge is 2.54. The topological polar surface area (TPSA) is 84.2 Å². The summed E-state index contributed by atoms with van der Waals surface area (Å²) in [5.74, 6) is -0.283. The van der Waals surface area contributed by atoms with E-state index in [1.165, 1.54) is 0 Å². The lowest BCUT2D eigenvalue weighted by Crippen LogP contribution is -2.49. The second-order valence-corrected chi connectivity index (χ2v) is 4.74. The third-order valence-corrected chi connectivity index (χ3v) is 3.81. The number of fused-ring (bicyclic) bond motifs is 1. The van der Waals surface area contributed by atoms with Gasteiger partial charge in [0.1, 0.15) is 5.54 Å². The lowest BCUT2D eigenvalue weighted by molar-refractivity contribution is -0.124. The Morgan fingerprint density at radius 3 is 2.82 bits per heavy atom. The molecule has 0 radical (unpaired) electrons. The van der Waals surface area contributed by atoms with Crippen molar-refractivity contribution in [3.8, 4) is 0 Å². The van der Waals surface area contributed by atoms with E-state index < -0.39 is 11.6 Å². The molecule has 5 heteroatoms. The first-order chi connectivity index (χ1) is 8.03. The van der Waals surface area contributed by atoms with Crippen LogP contribution < -0.4 is 16.4 Å². The Labute approximate surface area is 98.4 Å². The van der Waals surface area contributed by atoms with Gasteiger partial charge in [0, 0.05) is 18.0 Å². The van der Waals surface area contributed by atoms with Crippen LogP contribution in [-0.2, 0) is 11.2 Å². The number of nitrogens with one attached hydrogen (secondary N) is 2. The van der Waals surface area contributed by atoms with Crippen molar-refractivity contribution in [1.29, 1.82) is 0 Å². The Hall–Kier alpha value is -2.04. The number of urea groups is 1. The smallest absolute Gasteiger partial charge is 0.322 e. The summed E-state index contributed by atoms with van der Waals surface area (Å²) < 4.78 is 0. The number of anilines is 1. The van der Waals surface area contributed by atoms with Crippen LogP contribution in [0.4, 0.5) is 10.5 Å². The first-order valence-electron chi connectivity index (χ1n) is 5.55. The lowest BCUT2D eigenvalue weighted by Gasteiger charge is -2.25. The summed E-state index contributed by atoms with van der Waals surface area (Å²) in [6, 6.07) is 5.21. The molecule has 0 saturated carbocycles. The van der Waals surface area contributed by atoms with Gasteiger partial charge >= 0.3 is 6.03 Å². The Morgan fingerprint density at radius 1 is 1.41 bits per heavy atom. The molecule has 88 valence electrons. The zero-order chi connectivity index (χ0) is 12.2. The fourth-order valence-corrected chi connectivity index (χ4v) is 2.85. The molecule has 1 heterocycles. The van der Waals surface area contributed by atoms with Gasteiger partial charge in [-0.15, -0.1) is 0 Å². The number of imide groups is 1. The third kappa shape index (κ3) is 1.19. The van der Waals surface area contributed by atoms with E-state index in [2.05, 4.69) is 10.6 Å². The molecule has 0 bridgehead atoms. The Kier molecular flexibility index (Phi) is 1.79. The minimum absolute atomic E-state index is 0.0375. The Balaban J connectivity index is 2.09. The summed E-state index contributed by atoms with van der Waals surface area (Å²) in [4.78, 5) is 23.3. The maximum absolute atomic E-state index is 11.9. The molecule has 1 aromatic carbocycles. The molecular formula is C12H13N3O2. The predicted octanol–water partition coefficient (Wildman–Crippen LogP) is 0.507. The molecule has 1 aliphatic heterocycles. The number of nitrogens with two attached hydrogens (primary N) is 1. The summed E-state index contributed by atoms with van der Waals surface area (Å²) in [6.07, 6.45) is 0.506. The van der Waals surface area contributed by atoms with Crippen LogP contribution in [0.2, 0.25) is 0 Å². The normalized spacial score (nSPS) is 30.3. The minimum Gasteiger partial charge on any atom is -0.399 e. The van der Waals surface area contributed by atoms with Crippen LogP contribution in [0.15, 0.2) is 18.2 Å². The number of nitrogen functional groups attached to an aromatic ring is 1. The molecule has 3 amide bonds. The molecule has 3 rings (SSSR count). The van der Waals surface area contributed by atoms with E-state index >= 15 is 0 Å². The van der Waals surface area contributed by atoms with Crippen molar-refractivity contribution in [2.75, 3.05) is 5.73 Å². The fourth-order valence-electron chi connectivity index (χ4n) is 2.85. The number of carbonyl (C=O) groups is 2. The number of amides is 3. The van der Waals surface area contributed by atoms with Crippen LogP contribution in [0.5, 0.6) is 0 Å². The highest BCUT2D eigenvalue weighted by atomic mass is 16.2. The number of carbonyl (C=O) groups excluding carboxylic acids is 2. The van der Waals surface area contributed by atoms with E-state index in [0.717, 1.165) is 11.1 Å². The Bertz CT molecular complexity index is 541. The zero-order valence-corrected chi connectivity index (χ0v) is 9.41. The van der Waals surface area contributed by atoms with Crippen LogP contribution in [0, 0.1) is 0 Å². The van der Waals surface area contributed by atoms with Gasteiger partial charge in [-0.25, -0.2) is 4.79 Å². The predicted molar refractivity (Wildman–Crippen MR) is 62.4 cm³/mol. The maximum Gasteiger partial charge on any atom is 0.322 e. The number of benzene rings is 1. The van der Waals surface area contributed by atoms with Gasteiger partial charge in [-0.1, -0.05) is 13.0 Å². The third-order valence-electron chi connectivity index (χ3n) is 3.81. The van der Waals surface area contributed by atoms with Crippen molar-refractivity contribution in [1.82, 2.24) is 10.6 Å². The van der Waals surface area contributed by atoms with E-state index in [0.29, 0.717) is 12.1 Å². The van der Waals surface area contributed by atoms with Crippen molar-refractivity contribution in [3.05, 3.63) is 29.3 Å². The quantitative estimate of drug-likeness (QED) is 0.449. The van der Waals surface area contributed by atoms with Gasteiger partial charge in [-0.3, -0.25) is 10.1 Å². The lowest BCUT2D eigenvalue weighted by atomic mass is 9.86. The molecule has 4 N–H and O–H groups in total. The second kappa shape index (κ2) is 3.00. The van der Waals surface area contributed by atoms with Crippen molar-refractivity contribution in [3.63, 3.8) is 0 Å². The second-order valence-electron chi connectivity index (χ2n) is 4.74. The summed E-state index contributed by atoms with van der Waals surface area (Å²) in [5, 5.41) is 5.06. The Morgan fingerprint density at radius 2 is 2.18 bits per heavy atom. The molecule has 0 aromatic heterocycles. The van der Waals surface area contributed by atoms with Crippen molar-refractivity contribution in [2.45, 2.75) is 24.8 Å². The van der Waals surface area contributed by atoms with Crippen molar-refractivity contribution >= 4 is 17.6 Å². The standard InChI is InChI=1S/C12H13N3O2/c1-6-9-3-2-8(13)4-7(9)5-12(6)10(16)14-11(17)15-12/h2-4,6H,5,13H2,1H3,(H2,14,15,16,17). The van der Waals surface area contributed by atoms with Gasteiger partial charge in [0.25, 0.3) is 5.91 Å². The molecule has 17 heavy (non-hydrogen) atoms. The molecule has 1 spiro atoms. The van der Waals surface area contributed by atoms with Crippen LogP contribution in [0.3, 0.4) is 0 Å². The van der Waals surface area contributed by atoms with Crippen LogP contribution in [-0.4, -0.2) is 17.5 Å². The number of hydrogen-bond acceptors (Lipinski definition) is 3. The van der Waals surface area contributed by atoms with E-state index in [-0.39, 0.29) is 11.8 Å². The maximum atomic E-state index is 11.9. The summed E-state index contributed by atoms with van der Waals surface area (Å²) in [7, 11) is 0. The van der Waals surface area contributed by atoms with Gasteiger partial charge in [-0.05, 0) is 23.3 Å². The van der Waals surface area contributed by atoms with Gasteiger partial charge in [0.2, 0.25) is 0 Å². The molecule has 1 fully saturated rings. The van der Waals surface area contributed by atoms with E-state index in [9.17, 15) is 9.59 Å². The van der Waals surface area contributed by atoms with Crippen LogP contribution in [0.25, 0.3) is 0 Å². The number of hydrogen-bond donors (Lipinski definition) is 3. The molecule has 1 aliphatic carbocycles. The highest BCUT2D eigenvalue weighted by Crippen LogP contribution is 2.42. The molecule has 2 unspecified atom stereocenters. The van der Waals surface area contributed by atoms with Crippen molar-refractivity contribution in [2.24, 2.45) is 0 Å². The van der Waals surface area contributed by atoms with Crippen LogP contribution in [0.1, 0.15) is 24.0 Å². The molecule has 1 saturated heterocycles. The van der Waals surface area contributed by atoms with Gasteiger partial charge in [0.15, 0.2) is 0 Å². The first-order valence-corrected chi connectivity index (χ1v) is 5.55. The SMILES string of the molecule is CC1c2ccc(N)cc2CC12NC(=O)NC2=O. The zero-order valence-electron chi connectivity index (χ0n) is 9.41. The monoisotopic (exact) mass is 231 g/mol. The molecule has 1 aromatic rings. The molecular weight excluding hydrogens is 218 g/mol. The summed E-state index contributed by atoms with van der Waals surface area (Å²) in [6.45, 7) is 1.95. The van der Waals surface area contributed by atoms with Crippen LogP contribution >= 0.6 is 0 Å². The van der Waals surface area contributed by atoms with E-state index in [1.807, 2.05) is 25.1 Å². The fraction of sp³-hybridized carbons (Fsp3) is 0.333. The van der Waals surface area contributed by atoms with Gasteiger partial charge < -0.3 is 11.1 Å². The molecule has 2 aliphatic rings. The first kappa shape index (κ1) is 10.1. The summed E-state index contributed by atoms with van der Waals surface area (Å²) >= 11 is 0. The molecule has 2 atom stereocenters. The minimum atomic E-state index is -0.826. The largest absolute Gasteiger partial charge is 0.399 e. The van der Waals surface area contributed by atoms with E-state index in [1.54, 1.807) is 0 Å². The average molecular weight is 231 g/mol. The van der Waals surface area contributed by atoms with E-state index in [4.69, 9.17) is 5.73 Å². The highest BCUT2D eigenvalue weighted by molar-refractivity contribution is 6.08. The molecule has 5 nitrogen and oxygen atoms in total. The van der Waals surface area contributed by atoms with Crippen molar-refractivity contribution < 1.29 is 9.59 Å². The van der Waals surface area contributed by atoms with Gasteiger partial charge in [-0.2, -0.15) is 0 Å².